The normalized spacial score (nSPS) is 14.3. The Morgan fingerprint density at radius 1 is 1.06 bits per heavy atom. The van der Waals surface area contributed by atoms with Crippen molar-refractivity contribution in [3.05, 3.63) is 66.1 Å². The lowest BCUT2D eigenvalue weighted by atomic mass is 9.92. The first kappa shape index (κ1) is 21.4. The molecule has 0 unspecified atom stereocenters. The predicted molar refractivity (Wildman–Crippen MR) is 120 cm³/mol. The topological polar surface area (TPSA) is 105 Å². The molecule has 0 spiro atoms. The Hall–Kier alpha value is -3.88. The second kappa shape index (κ2) is 8.70. The van der Waals surface area contributed by atoms with Gasteiger partial charge in [0.1, 0.15) is 11.5 Å². The Balaban J connectivity index is 1.60. The van der Waals surface area contributed by atoms with E-state index in [1.165, 1.54) is 9.69 Å². The third-order valence-electron chi connectivity index (χ3n) is 5.00. The van der Waals surface area contributed by atoms with Crippen LogP contribution < -0.4 is 5.32 Å². The van der Waals surface area contributed by atoms with Crippen molar-refractivity contribution in [1.82, 2.24) is 24.8 Å². The van der Waals surface area contributed by atoms with Crippen molar-refractivity contribution in [2.24, 2.45) is 5.10 Å². The molecular formula is C23H25N7O2. The fourth-order valence-corrected chi connectivity index (χ4v) is 3.22. The fourth-order valence-electron chi connectivity index (χ4n) is 3.22. The van der Waals surface area contributed by atoms with Gasteiger partial charge in [0.25, 0.3) is 11.9 Å². The van der Waals surface area contributed by atoms with Crippen LogP contribution in [-0.4, -0.2) is 42.3 Å². The Bertz CT molecular complexity index is 1150. The van der Waals surface area contributed by atoms with E-state index in [2.05, 4.69) is 25.5 Å². The van der Waals surface area contributed by atoms with Crippen LogP contribution in [0.3, 0.4) is 0 Å². The molecule has 9 nitrogen and oxygen atoms in total. The number of amides is 2. The van der Waals surface area contributed by atoms with Crippen LogP contribution in [0.2, 0.25) is 0 Å². The number of nitrogens with one attached hydrogen (secondary N) is 1. The van der Waals surface area contributed by atoms with E-state index in [0.29, 0.717) is 24.0 Å². The Labute approximate surface area is 186 Å². The molecule has 0 aliphatic carbocycles. The zero-order valence-electron chi connectivity index (χ0n) is 18.3. The fraction of sp³-hybridized carbons (Fsp3) is 0.304. The van der Waals surface area contributed by atoms with Crippen molar-refractivity contribution in [3.8, 4) is 5.95 Å². The highest BCUT2D eigenvalue weighted by atomic mass is 16.2. The number of benzene rings is 1. The Kier molecular flexibility index (Phi) is 5.81. The first-order valence-corrected chi connectivity index (χ1v) is 10.4. The molecule has 164 valence electrons. The van der Waals surface area contributed by atoms with Crippen molar-refractivity contribution in [2.45, 2.75) is 45.6 Å². The number of hydrogen-bond donors (Lipinski definition) is 1. The van der Waals surface area contributed by atoms with E-state index in [4.69, 9.17) is 0 Å². The molecule has 2 aromatic heterocycles. The van der Waals surface area contributed by atoms with E-state index in [0.717, 1.165) is 11.3 Å². The Morgan fingerprint density at radius 3 is 2.47 bits per heavy atom. The molecular weight excluding hydrogens is 406 g/mol. The second-order valence-corrected chi connectivity index (χ2v) is 8.56. The molecule has 9 heteroatoms. The summed E-state index contributed by atoms with van der Waals surface area (Å²) in [7, 11) is 0. The highest BCUT2D eigenvalue weighted by Gasteiger charge is 2.27. The lowest BCUT2D eigenvalue weighted by Crippen LogP contribution is -2.36. The highest BCUT2D eigenvalue weighted by Crippen LogP contribution is 2.25. The van der Waals surface area contributed by atoms with E-state index < -0.39 is 0 Å². The molecule has 0 saturated carbocycles. The number of carbonyl (C=O) groups is 2. The largest absolute Gasteiger partial charge is 0.305 e. The maximum absolute atomic E-state index is 13.1. The zero-order chi connectivity index (χ0) is 22.7. The van der Waals surface area contributed by atoms with E-state index in [1.54, 1.807) is 18.5 Å². The lowest BCUT2D eigenvalue weighted by molar-refractivity contribution is -0.132. The van der Waals surface area contributed by atoms with Gasteiger partial charge in [0.2, 0.25) is 5.91 Å². The Morgan fingerprint density at radius 2 is 1.78 bits per heavy atom. The highest BCUT2D eigenvalue weighted by molar-refractivity contribution is 6.43. The number of hydrazone groups is 1. The molecule has 0 fully saturated rings. The monoisotopic (exact) mass is 431 g/mol. The molecule has 3 heterocycles. The molecule has 0 bridgehead atoms. The summed E-state index contributed by atoms with van der Waals surface area (Å²) in [6.45, 7) is 6.43. The third kappa shape index (κ3) is 4.72. The van der Waals surface area contributed by atoms with Crippen LogP contribution in [0.25, 0.3) is 5.95 Å². The average Bonchev–Trinajstić information content (AvgIpc) is 3.21. The van der Waals surface area contributed by atoms with Gasteiger partial charge in [-0.2, -0.15) is 14.9 Å². The van der Waals surface area contributed by atoms with Gasteiger partial charge in [-0.05, 0) is 11.6 Å². The van der Waals surface area contributed by atoms with Crippen molar-refractivity contribution >= 4 is 23.3 Å². The number of anilines is 1. The summed E-state index contributed by atoms with van der Waals surface area (Å²) in [5.74, 6) is 0.307. The van der Waals surface area contributed by atoms with Gasteiger partial charge < -0.3 is 5.32 Å². The van der Waals surface area contributed by atoms with Crippen molar-refractivity contribution in [1.29, 1.82) is 0 Å². The summed E-state index contributed by atoms with van der Waals surface area (Å²) in [5.41, 5.74) is 1.78. The molecule has 2 amide bonds. The van der Waals surface area contributed by atoms with Gasteiger partial charge in [-0.15, -0.1) is 0 Å². The summed E-state index contributed by atoms with van der Waals surface area (Å²) >= 11 is 0. The molecule has 4 rings (SSSR count). The third-order valence-corrected chi connectivity index (χ3v) is 5.00. The molecule has 3 aromatic rings. The molecule has 1 aliphatic heterocycles. The van der Waals surface area contributed by atoms with E-state index >= 15 is 0 Å². The quantitative estimate of drug-likeness (QED) is 0.668. The smallest absolute Gasteiger partial charge is 0.273 e. The van der Waals surface area contributed by atoms with Gasteiger partial charge in [-0.25, -0.2) is 15.0 Å². The maximum Gasteiger partial charge on any atom is 0.273 e. The average molecular weight is 432 g/mol. The minimum atomic E-state index is -0.381. The number of rotatable bonds is 5. The van der Waals surface area contributed by atoms with E-state index in [1.807, 2.05) is 57.2 Å². The van der Waals surface area contributed by atoms with Gasteiger partial charge in [-0.1, -0.05) is 51.1 Å². The molecule has 0 saturated heterocycles. The predicted octanol–water partition coefficient (Wildman–Crippen LogP) is 3.08. The minimum absolute atomic E-state index is 0.108. The minimum Gasteiger partial charge on any atom is -0.305 e. The van der Waals surface area contributed by atoms with Crippen LogP contribution in [0.5, 0.6) is 0 Å². The number of nitrogens with zero attached hydrogens (tertiary/aromatic N) is 6. The number of aromatic nitrogens is 4. The first-order chi connectivity index (χ1) is 15.3. The van der Waals surface area contributed by atoms with Gasteiger partial charge in [0, 0.05) is 36.7 Å². The standard InChI is InChI=1S/C23H25N7O2/c1-23(2,3)18-14-19(30(28-18)22-24-12-7-13-25-22)26-21(32)17-10-11-20(31)29(27-17)15-16-8-5-4-6-9-16/h4-9,12-14H,10-11,15H2,1-3H3,(H,26,32). The van der Waals surface area contributed by atoms with E-state index in [9.17, 15) is 9.59 Å². The van der Waals surface area contributed by atoms with Crippen LogP contribution in [-0.2, 0) is 21.5 Å². The summed E-state index contributed by atoms with van der Waals surface area (Å²) in [4.78, 5) is 33.9. The summed E-state index contributed by atoms with van der Waals surface area (Å²) in [5, 5.41) is 13.2. The van der Waals surface area contributed by atoms with Gasteiger partial charge in [0.15, 0.2) is 0 Å². The summed E-state index contributed by atoms with van der Waals surface area (Å²) < 4.78 is 1.51. The van der Waals surface area contributed by atoms with E-state index in [-0.39, 0.29) is 30.1 Å². The van der Waals surface area contributed by atoms with Crippen LogP contribution in [0.15, 0.2) is 60.0 Å². The maximum atomic E-state index is 13.1. The van der Waals surface area contributed by atoms with Crippen LogP contribution >= 0.6 is 0 Å². The first-order valence-electron chi connectivity index (χ1n) is 10.4. The molecule has 0 atom stereocenters. The van der Waals surface area contributed by atoms with Gasteiger partial charge in [0.05, 0.1) is 12.2 Å². The summed E-state index contributed by atoms with van der Waals surface area (Å²) in [6, 6.07) is 13.1. The van der Waals surface area contributed by atoms with Crippen LogP contribution in [0.1, 0.15) is 44.9 Å². The lowest BCUT2D eigenvalue weighted by Gasteiger charge is -2.23. The van der Waals surface area contributed by atoms with Crippen LogP contribution in [0, 0.1) is 0 Å². The van der Waals surface area contributed by atoms with Crippen LogP contribution in [0.4, 0.5) is 5.82 Å². The van der Waals surface area contributed by atoms with Gasteiger partial charge >= 0.3 is 0 Å². The number of carbonyl (C=O) groups excluding carboxylic acids is 2. The molecule has 0 radical (unpaired) electrons. The van der Waals surface area contributed by atoms with Crippen molar-refractivity contribution < 1.29 is 9.59 Å². The summed E-state index contributed by atoms with van der Waals surface area (Å²) in [6.07, 6.45) is 3.74. The molecule has 1 N–H and O–H groups in total. The second-order valence-electron chi connectivity index (χ2n) is 8.56. The number of hydrogen-bond acceptors (Lipinski definition) is 6. The SMILES string of the molecule is CC(C)(C)c1cc(NC(=O)C2=NN(Cc3ccccc3)C(=O)CC2)n(-c2ncccn2)n1. The molecule has 32 heavy (non-hydrogen) atoms. The zero-order valence-corrected chi connectivity index (χ0v) is 18.3. The van der Waals surface area contributed by atoms with Crippen molar-refractivity contribution in [3.63, 3.8) is 0 Å². The van der Waals surface area contributed by atoms with Crippen molar-refractivity contribution in [2.75, 3.05) is 5.32 Å². The molecule has 1 aromatic carbocycles. The molecule has 1 aliphatic rings. The van der Waals surface area contributed by atoms with Gasteiger partial charge in [-0.3, -0.25) is 9.59 Å².